The van der Waals surface area contributed by atoms with Crippen LogP contribution in [0.5, 0.6) is 0 Å². The monoisotopic (exact) mass is 346 g/mol. The van der Waals surface area contributed by atoms with Crippen molar-refractivity contribution in [3.8, 4) is 0 Å². The van der Waals surface area contributed by atoms with Gasteiger partial charge in [-0.15, -0.1) is 0 Å². The molecule has 0 aromatic heterocycles. The second-order valence-corrected chi connectivity index (χ2v) is 9.64. The number of carbonyl (C=O) groups is 1. The summed E-state index contributed by atoms with van der Waals surface area (Å²) in [5.41, 5.74) is 0. The Morgan fingerprint density at radius 1 is 1.26 bits per heavy atom. The molecule has 2 aliphatic heterocycles. The van der Waals surface area contributed by atoms with Gasteiger partial charge in [0.25, 0.3) is 0 Å². The van der Waals surface area contributed by atoms with Gasteiger partial charge in [0.15, 0.2) is 9.84 Å². The third-order valence-electron chi connectivity index (χ3n) is 4.63. The topological polar surface area (TPSA) is 75.7 Å². The van der Waals surface area contributed by atoms with Crippen molar-refractivity contribution >= 4 is 15.7 Å². The second kappa shape index (κ2) is 7.49. The number of amides is 1. The SMILES string of the molecule is CC(C)[C@@H](C(=O)NC[C@@H]1CCS(=O)(=O)C1)N1C[C@@H](C)O[C@H](C)C1. The molecule has 0 aliphatic carbocycles. The van der Waals surface area contributed by atoms with E-state index in [4.69, 9.17) is 4.74 Å². The third-order valence-corrected chi connectivity index (χ3v) is 6.47. The summed E-state index contributed by atoms with van der Waals surface area (Å²) in [5.74, 6) is 0.704. The van der Waals surface area contributed by atoms with Gasteiger partial charge >= 0.3 is 0 Å². The maximum absolute atomic E-state index is 12.7. The normalized spacial score (nSPS) is 32.8. The van der Waals surface area contributed by atoms with Crippen molar-refractivity contribution in [1.82, 2.24) is 10.2 Å². The summed E-state index contributed by atoms with van der Waals surface area (Å²) in [4.78, 5) is 14.9. The first-order chi connectivity index (χ1) is 10.7. The van der Waals surface area contributed by atoms with Crippen LogP contribution in [0, 0.1) is 11.8 Å². The zero-order chi connectivity index (χ0) is 17.2. The summed E-state index contributed by atoms with van der Waals surface area (Å²) < 4.78 is 28.8. The molecule has 1 N–H and O–H groups in total. The van der Waals surface area contributed by atoms with Crippen LogP contribution in [0.3, 0.4) is 0 Å². The lowest BCUT2D eigenvalue weighted by molar-refractivity contribution is -0.135. The van der Waals surface area contributed by atoms with Crippen molar-refractivity contribution in [3.63, 3.8) is 0 Å². The lowest BCUT2D eigenvalue weighted by atomic mass is 9.99. The van der Waals surface area contributed by atoms with Gasteiger partial charge < -0.3 is 10.1 Å². The summed E-state index contributed by atoms with van der Waals surface area (Å²) in [6.45, 7) is 10.1. The Balaban J connectivity index is 1.93. The molecule has 1 amide bonds. The number of nitrogens with zero attached hydrogens (tertiary/aromatic N) is 1. The maximum atomic E-state index is 12.7. The Kier molecular flexibility index (Phi) is 6.08. The van der Waals surface area contributed by atoms with Crippen LogP contribution in [0.1, 0.15) is 34.1 Å². The minimum Gasteiger partial charge on any atom is -0.373 e. The minimum absolute atomic E-state index is 0.00518. The first kappa shape index (κ1) is 18.7. The van der Waals surface area contributed by atoms with Crippen LogP contribution in [0.4, 0.5) is 0 Å². The Hall–Kier alpha value is -0.660. The number of rotatable bonds is 5. The number of sulfone groups is 1. The molecule has 0 spiro atoms. The average Bonchev–Trinajstić information content (AvgIpc) is 2.74. The third kappa shape index (κ3) is 5.16. The maximum Gasteiger partial charge on any atom is 0.237 e. The quantitative estimate of drug-likeness (QED) is 0.792. The minimum atomic E-state index is -2.89. The molecule has 0 radical (unpaired) electrons. The molecule has 2 saturated heterocycles. The lowest BCUT2D eigenvalue weighted by Crippen LogP contribution is -2.57. The van der Waals surface area contributed by atoms with Gasteiger partial charge in [0, 0.05) is 19.6 Å². The molecule has 6 nitrogen and oxygen atoms in total. The molecular weight excluding hydrogens is 316 g/mol. The number of nitrogens with one attached hydrogen (secondary N) is 1. The molecule has 2 fully saturated rings. The van der Waals surface area contributed by atoms with E-state index < -0.39 is 9.84 Å². The number of morpholine rings is 1. The summed E-state index contributed by atoms with van der Waals surface area (Å²) >= 11 is 0. The summed E-state index contributed by atoms with van der Waals surface area (Å²) in [6.07, 6.45) is 0.890. The zero-order valence-electron chi connectivity index (χ0n) is 14.6. The second-order valence-electron chi connectivity index (χ2n) is 7.41. The molecule has 0 aromatic carbocycles. The predicted molar refractivity (Wildman–Crippen MR) is 90.0 cm³/mol. The van der Waals surface area contributed by atoms with Crippen LogP contribution in [-0.2, 0) is 19.4 Å². The smallest absolute Gasteiger partial charge is 0.237 e. The lowest BCUT2D eigenvalue weighted by Gasteiger charge is -2.41. The van der Waals surface area contributed by atoms with E-state index in [1.54, 1.807) is 0 Å². The summed E-state index contributed by atoms with van der Waals surface area (Å²) in [7, 11) is -2.89. The van der Waals surface area contributed by atoms with Crippen LogP contribution in [0.2, 0.25) is 0 Å². The number of hydrogen-bond acceptors (Lipinski definition) is 5. The highest BCUT2D eigenvalue weighted by Gasteiger charge is 2.35. The molecule has 0 unspecified atom stereocenters. The van der Waals surface area contributed by atoms with Crippen LogP contribution in [0.15, 0.2) is 0 Å². The van der Waals surface area contributed by atoms with Gasteiger partial charge in [-0.1, -0.05) is 13.8 Å². The highest BCUT2D eigenvalue weighted by Crippen LogP contribution is 2.20. The predicted octanol–water partition coefficient (Wildman–Crippen LogP) is 0.671. The van der Waals surface area contributed by atoms with Crippen molar-refractivity contribution in [2.24, 2.45) is 11.8 Å². The van der Waals surface area contributed by atoms with E-state index in [0.29, 0.717) is 13.0 Å². The molecule has 0 aromatic rings. The first-order valence-corrected chi connectivity index (χ1v) is 10.4. The van der Waals surface area contributed by atoms with Crippen molar-refractivity contribution in [2.75, 3.05) is 31.1 Å². The molecule has 2 rings (SSSR count). The fraction of sp³-hybridized carbons (Fsp3) is 0.938. The van der Waals surface area contributed by atoms with Crippen molar-refractivity contribution in [3.05, 3.63) is 0 Å². The van der Waals surface area contributed by atoms with Gasteiger partial charge in [0.2, 0.25) is 5.91 Å². The van der Waals surface area contributed by atoms with E-state index >= 15 is 0 Å². The molecule has 134 valence electrons. The van der Waals surface area contributed by atoms with Gasteiger partial charge in [0.05, 0.1) is 29.8 Å². The van der Waals surface area contributed by atoms with Crippen LogP contribution >= 0.6 is 0 Å². The Morgan fingerprint density at radius 3 is 2.35 bits per heavy atom. The van der Waals surface area contributed by atoms with Gasteiger partial charge in [-0.3, -0.25) is 9.69 Å². The Morgan fingerprint density at radius 2 is 1.87 bits per heavy atom. The van der Waals surface area contributed by atoms with Crippen molar-refractivity contribution < 1.29 is 17.9 Å². The van der Waals surface area contributed by atoms with E-state index in [9.17, 15) is 13.2 Å². The van der Waals surface area contributed by atoms with Crippen LogP contribution in [0.25, 0.3) is 0 Å². The van der Waals surface area contributed by atoms with Crippen molar-refractivity contribution in [1.29, 1.82) is 0 Å². The van der Waals surface area contributed by atoms with Crippen molar-refractivity contribution in [2.45, 2.75) is 52.4 Å². The Labute approximate surface area is 139 Å². The largest absolute Gasteiger partial charge is 0.373 e. The fourth-order valence-electron chi connectivity index (χ4n) is 3.72. The van der Waals surface area contributed by atoms with Gasteiger partial charge in [-0.05, 0) is 32.1 Å². The highest BCUT2D eigenvalue weighted by molar-refractivity contribution is 7.91. The number of hydrogen-bond donors (Lipinski definition) is 1. The van der Waals surface area contributed by atoms with Crippen LogP contribution < -0.4 is 5.32 Å². The molecule has 23 heavy (non-hydrogen) atoms. The van der Waals surface area contributed by atoms with E-state index in [2.05, 4.69) is 24.1 Å². The van der Waals surface area contributed by atoms with E-state index in [1.165, 1.54) is 0 Å². The summed E-state index contributed by atoms with van der Waals surface area (Å²) in [5, 5.41) is 2.98. The Bertz CT molecular complexity index is 510. The average molecular weight is 346 g/mol. The summed E-state index contributed by atoms with van der Waals surface area (Å²) in [6, 6.07) is -0.193. The molecular formula is C16H30N2O4S. The number of carbonyl (C=O) groups excluding carboxylic acids is 1. The van der Waals surface area contributed by atoms with Gasteiger partial charge in [0.1, 0.15) is 0 Å². The molecule has 7 heteroatoms. The standard InChI is InChI=1S/C16H30N2O4S/c1-11(2)15(18-8-12(3)22-13(4)9-18)16(19)17-7-14-5-6-23(20,21)10-14/h11-15H,5-10H2,1-4H3,(H,17,19)/t12-,13-,14+,15+/m1/s1. The first-order valence-electron chi connectivity index (χ1n) is 8.55. The van der Waals surface area contributed by atoms with Crippen LogP contribution in [-0.4, -0.2) is 68.6 Å². The zero-order valence-corrected chi connectivity index (χ0v) is 15.4. The molecule has 4 atom stereocenters. The fourth-order valence-corrected chi connectivity index (χ4v) is 5.58. The number of ether oxygens (including phenoxy) is 1. The van der Waals surface area contributed by atoms with E-state index in [1.807, 2.05) is 13.8 Å². The van der Waals surface area contributed by atoms with E-state index in [-0.39, 0.29) is 47.5 Å². The molecule has 0 bridgehead atoms. The highest BCUT2D eigenvalue weighted by atomic mass is 32.2. The molecule has 2 heterocycles. The molecule has 2 aliphatic rings. The van der Waals surface area contributed by atoms with Gasteiger partial charge in [-0.25, -0.2) is 8.42 Å². The van der Waals surface area contributed by atoms with Gasteiger partial charge in [-0.2, -0.15) is 0 Å². The molecule has 0 saturated carbocycles. The van der Waals surface area contributed by atoms with E-state index in [0.717, 1.165) is 13.1 Å².